The van der Waals surface area contributed by atoms with Gasteiger partial charge in [0.05, 0.1) is 17.6 Å². The molecule has 1 saturated heterocycles. The number of rotatable bonds is 7. The maximum absolute atomic E-state index is 13.3. The van der Waals surface area contributed by atoms with E-state index >= 15 is 0 Å². The van der Waals surface area contributed by atoms with Gasteiger partial charge in [-0.1, -0.05) is 24.3 Å². The highest BCUT2D eigenvalue weighted by Gasteiger charge is 2.31. The number of hydrogen-bond acceptors (Lipinski definition) is 5. The van der Waals surface area contributed by atoms with Gasteiger partial charge in [-0.2, -0.15) is 17.5 Å². The fraction of sp³-hybridized carbons (Fsp3) is 0.296. The number of hydrogen-bond donors (Lipinski definition) is 0. The molecule has 1 amide bonds. The van der Waals surface area contributed by atoms with Crippen molar-refractivity contribution in [3.05, 3.63) is 89.5 Å². The van der Waals surface area contributed by atoms with Gasteiger partial charge in [-0.15, -0.1) is 0 Å². The molecule has 0 aliphatic carbocycles. The van der Waals surface area contributed by atoms with Crippen molar-refractivity contribution in [1.82, 2.24) is 9.21 Å². The third kappa shape index (κ3) is 5.94. The van der Waals surface area contributed by atoms with Crippen LogP contribution in [-0.2, 0) is 22.7 Å². The van der Waals surface area contributed by atoms with Crippen LogP contribution in [0.2, 0.25) is 0 Å². The minimum absolute atomic E-state index is 0.00908. The second-order valence-electron chi connectivity index (χ2n) is 8.93. The lowest BCUT2D eigenvalue weighted by Gasteiger charge is -2.36. The van der Waals surface area contributed by atoms with Crippen LogP contribution in [0.25, 0.3) is 0 Å². The fourth-order valence-corrected chi connectivity index (χ4v) is 5.53. The van der Waals surface area contributed by atoms with Crippen LogP contribution in [0.4, 0.5) is 18.9 Å². The third-order valence-corrected chi connectivity index (χ3v) is 8.29. The van der Waals surface area contributed by atoms with Crippen LogP contribution in [0, 0.1) is 0 Å². The van der Waals surface area contributed by atoms with Crippen molar-refractivity contribution in [2.24, 2.45) is 0 Å². The highest BCUT2D eigenvalue weighted by atomic mass is 32.2. The fourth-order valence-electron chi connectivity index (χ4n) is 4.36. The number of alkyl halides is 3. The van der Waals surface area contributed by atoms with Crippen LogP contribution in [0.5, 0.6) is 5.75 Å². The predicted octanol–water partition coefficient (Wildman–Crippen LogP) is 4.50. The van der Waals surface area contributed by atoms with Gasteiger partial charge in [-0.3, -0.25) is 4.79 Å². The molecular formula is C27H28F3N3O4S. The molecule has 1 aliphatic rings. The first-order valence-electron chi connectivity index (χ1n) is 11.9. The zero-order valence-electron chi connectivity index (χ0n) is 21.0. The molecule has 38 heavy (non-hydrogen) atoms. The third-order valence-electron chi connectivity index (χ3n) is 6.48. The summed E-state index contributed by atoms with van der Waals surface area (Å²) in [5.74, 6) is 0.206. The smallest absolute Gasteiger partial charge is 0.416 e. The van der Waals surface area contributed by atoms with Gasteiger partial charge in [-0.05, 0) is 48.5 Å². The maximum atomic E-state index is 13.3. The van der Waals surface area contributed by atoms with Crippen molar-refractivity contribution in [3.8, 4) is 5.75 Å². The molecule has 0 N–H and O–H groups in total. The summed E-state index contributed by atoms with van der Waals surface area (Å²) in [7, 11) is -0.821. The van der Waals surface area contributed by atoms with E-state index in [2.05, 4.69) is 0 Å². The van der Waals surface area contributed by atoms with E-state index in [1.54, 1.807) is 47.4 Å². The lowest BCUT2D eigenvalue weighted by molar-refractivity contribution is -0.137. The Balaban J connectivity index is 1.47. The molecule has 1 aliphatic heterocycles. The Hall–Kier alpha value is -3.57. The van der Waals surface area contributed by atoms with Crippen molar-refractivity contribution < 1.29 is 31.1 Å². The number of amides is 1. The highest BCUT2D eigenvalue weighted by molar-refractivity contribution is 7.89. The lowest BCUT2D eigenvalue weighted by Crippen LogP contribution is -2.48. The number of sulfonamides is 1. The van der Waals surface area contributed by atoms with Gasteiger partial charge in [0.2, 0.25) is 10.0 Å². The summed E-state index contributed by atoms with van der Waals surface area (Å²) in [4.78, 5) is 16.9. The Labute approximate surface area is 220 Å². The molecule has 3 aromatic carbocycles. The summed E-state index contributed by atoms with van der Waals surface area (Å²) in [5.41, 5.74) is 0.654. The molecule has 3 aromatic rings. The molecule has 202 valence electrons. The zero-order valence-corrected chi connectivity index (χ0v) is 21.8. The number of carbonyl (C=O) groups is 1. The van der Waals surface area contributed by atoms with Crippen LogP contribution in [-0.4, -0.2) is 63.9 Å². The molecule has 7 nitrogen and oxygen atoms in total. The van der Waals surface area contributed by atoms with E-state index in [0.29, 0.717) is 48.7 Å². The Morgan fingerprint density at radius 2 is 1.63 bits per heavy atom. The first-order chi connectivity index (χ1) is 18.0. The van der Waals surface area contributed by atoms with Crippen molar-refractivity contribution in [1.29, 1.82) is 0 Å². The SMILES string of the molecule is COc1ccc(C(=O)N2CCN(c3cccc(C(F)(F)F)c3)CC2)cc1CN(C)S(=O)(=O)c1ccccc1. The number of halogens is 3. The van der Waals surface area contributed by atoms with E-state index in [4.69, 9.17) is 4.74 Å². The molecule has 1 fully saturated rings. The first-order valence-corrected chi connectivity index (χ1v) is 13.3. The molecule has 11 heteroatoms. The van der Waals surface area contributed by atoms with E-state index in [-0.39, 0.29) is 17.3 Å². The molecule has 0 aromatic heterocycles. The first kappa shape index (κ1) is 27.5. The molecule has 1 heterocycles. The van der Waals surface area contributed by atoms with Gasteiger partial charge in [0.25, 0.3) is 5.91 Å². The quantitative estimate of drug-likeness (QED) is 0.436. The number of nitrogens with zero attached hydrogens (tertiary/aromatic N) is 3. The molecule has 0 spiro atoms. The van der Waals surface area contributed by atoms with E-state index in [1.807, 2.05) is 4.90 Å². The average Bonchev–Trinajstić information content (AvgIpc) is 2.92. The summed E-state index contributed by atoms with van der Waals surface area (Å²) in [6.45, 7) is 1.42. The Kier molecular flexibility index (Phi) is 7.98. The molecular weight excluding hydrogens is 519 g/mol. The molecule has 0 bridgehead atoms. The van der Waals surface area contributed by atoms with Crippen molar-refractivity contribution in [2.45, 2.75) is 17.6 Å². The molecule has 0 unspecified atom stereocenters. The summed E-state index contributed by atoms with van der Waals surface area (Å²) in [5, 5.41) is 0. The van der Waals surface area contributed by atoms with Gasteiger partial charge < -0.3 is 14.5 Å². The largest absolute Gasteiger partial charge is 0.496 e. The normalized spacial score (nSPS) is 14.6. The van der Waals surface area contributed by atoms with Crippen LogP contribution < -0.4 is 9.64 Å². The van der Waals surface area contributed by atoms with Crippen LogP contribution in [0.1, 0.15) is 21.5 Å². The Bertz CT molecular complexity index is 1390. The number of piperazine rings is 1. The van der Waals surface area contributed by atoms with E-state index in [9.17, 15) is 26.4 Å². The number of benzene rings is 3. The summed E-state index contributed by atoms with van der Waals surface area (Å²) >= 11 is 0. The topological polar surface area (TPSA) is 70.2 Å². The van der Waals surface area contributed by atoms with E-state index in [0.717, 1.165) is 12.1 Å². The monoisotopic (exact) mass is 547 g/mol. The summed E-state index contributed by atoms with van der Waals surface area (Å²) in [6, 6.07) is 18.1. The van der Waals surface area contributed by atoms with Crippen LogP contribution in [0.15, 0.2) is 77.7 Å². The van der Waals surface area contributed by atoms with Gasteiger partial charge >= 0.3 is 6.18 Å². The number of carbonyl (C=O) groups excluding carboxylic acids is 1. The Morgan fingerprint density at radius 3 is 2.26 bits per heavy atom. The summed E-state index contributed by atoms with van der Waals surface area (Å²) in [6.07, 6.45) is -4.42. The second kappa shape index (κ2) is 11.0. The molecule has 0 saturated carbocycles. The predicted molar refractivity (Wildman–Crippen MR) is 138 cm³/mol. The van der Waals surface area contributed by atoms with E-state index in [1.165, 1.54) is 36.7 Å². The van der Waals surface area contributed by atoms with Gasteiger partial charge in [-0.25, -0.2) is 8.42 Å². The van der Waals surface area contributed by atoms with Crippen molar-refractivity contribution in [3.63, 3.8) is 0 Å². The second-order valence-corrected chi connectivity index (χ2v) is 11.0. The van der Waals surface area contributed by atoms with Gasteiger partial charge in [0, 0.05) is 56.6 Å². The number of anilines is 1. The standard InChI is InChI=1S/C27H28F3N3O4S/c1-31(38(35,36)24-9-4-3-5-10-24)19-21-17-20(11-12-25(21)37-2)26(34)33-15-13-32(14-16-33)23-8-6-7-22(18-23)27(28,29)30/h3-12,17-18H,13-16,19H2,1-2H3. The summed E-state index contributed by atoms with van der Waals surface area (Å²) < 4.78 is 71.8. The minimum atomic E-state index is -4.42. The van der Waals surface area contributed by atoms with Gasteiger partial charge in [0.1, 0.15) is 5.75 Å². The van der Waals surface area contributed by atoms with E-state index < -0.39 is 21.8 Å². The lowest BCUT2D eigenvalue weighted by atomic mass is 10.1. The Morgan fingerprint density at radius 1 is 0.947 bits per heavy atom. The maximum Gasteiger partial charge on any atom is 0.416 e. The van der Waals surface area contributed by atoms with Crippen LogP contribution >= 0.6 is 0 Å². The zero-order chi connectivity index (χ0) is 27.5. The number of ether oxygens (including phenoxy) is 1. The number of methoxy groups -OCH3 is 1. The molecule has 4 rings (SSSR count). The van der Waals surface area contributed by atoms with Gasteiger partial charge in [0.15, 0.2) is 0 Å². The highest BCUT2D eigenvalue weighted by Crippen LogP contribution is 2.32. The van der Waals surface area contributed by atoms with Crippen LogP contribution in [0.3, 0.4) is 0 Å². The van der Waals surface area contributed by atoms with Crippen molar-refractivity contribution >= 4 is 21.6 Å². The average molecular weight is 548 g/mol. The molecule has 0 radical (unpaired) electrons. The van der Waals surface area contributed by atoms with Crippen molar-refractivity contribution in [2.75, 3.05) is 45.2 Å². The molecule has 0 atom stereocenters. The minimum Gasteiger partial charge on any atom is -0.496 e.